The maximum atomic E-state index is 13.0. The van der Waals surface area contributed by atoms with Crippen LogP contribution in [0.1, 0.15) is 33.6 Å². The number of hydrogen-bond acceptors (Lipinski definition) is 4. The fraction of sp³-hybridized carbons (Fsp3) is 0.208. The maximum Gasteiger partial charge on any atom is 0.261 e. The van der Waals surface area contributed by atoms with Crippen LogP contribution >= 0.6 is 11.8 Å². The molecular weight excluding hydrogens is 396 g/mol. The molecule has 0 saturated heterocycles. The van der Waals surface area contributed by atoms with Crippen LogP contribution in [0.2, 0.25) is 0 Å². The fourth-order valence-corrected chi connectivity index (χ4v) is 5.23. The number of nitrogens with zero attached hydrogens (tertiary/aromatic N) is 2. The van der Waals surface area contributed by atoms with Crippen LogP contribution in [-0.4, -0.2) is 41.5 Å². The molecule has 150 valence electrons. The van der Waals surface area contributed by atoms with Crippen LogP contribution in [0, 0.1) is 0 Å². The van der Waals surface area contributed by atoms with E-state index in [-0.39, 0.29) is 24.3 Å². The minimum absolute atomic E-state index is 0.0298. The number of imide groups is 1. The van der Waals surface area contributed by atoms with Gasteiger partial charge in [-0.2, -0.15) is 0 Å². The smallest absolute Gasteiger partial charge is 0.261 e. The van der Waals surface area contributed by atoms with Crippen molar-refractivity contribution >= 4 is 45.9 Å². The topological polar surface area (TPSA) is 57.7 Å². The summed E-state index contributed by atoms with van der Waals surface area (Å²) in [7, 11) is 0. The highest BCUT2D eigenvalue weighted by molar-refractivity contribution is 7.99. The fourth-order valence-electron chi connectivity index (χ4n) is 4.24. The molecule has 0 aromatic heterocycles. The van der Waals surface area contributed by atoms with E-state index in [2.05, 4.69) is 0 Å². The van der Waals surface area contributed by atoms with Crippen molar-refractivity contribution in [2.75, 3.05) is 23.7 Å². The SMILES string of the molecule is O=C1c2cccc3cccc(c23)C(=O)N1CCCC(=O)N1CCSc2ccccc21. The maximum absolute atomic E-state index is 13.0. The van der Waals surface area contributed by atoms with E-state index in [9.17, 15) is 14.4 Å². The van der Waals surface area contributed by atoms with Crippen molar-refractivity contribution in [1.82, 2.24) is 4.90 Å². The summed E-state index contributed by atoms with van der Waals surface area (Å²) in [6, 6.07) is 18.9. The number of hydrogen-bond donors (Lipinski definition) is 0. The minimum atomic E-state index is -0.281. The monoisotopic (exact) mass is 416 g/mol. The second kappa shape index (κ2) is 7.61. The predicted molar refractivity (Wildman–Crippen MR) is 118 cm³/mol. The van der Waals surface area contributed by atoms with E-state index in [1.165, 1.54) is 4.90 Å². The van der Waals surface area contributed by atoms with Crippen LogP contribution in [0.4, 0.5) is 5.69 Å². The number of carbonyl (C=O) groups is 3. The quantitative estimate of drug-likeness (QED) is 0.593. The lowest BCUT2D eigenvalue weighted by Gasteiger charge is -2.30. The highest BCUT2D eigenvalue weighted by atomic mass is 32.2. The molecule has 3 amide bonds. The van der Waals surface area contributed by atoms with Gasteiger partial charge in [-0.3, -0.25) is 19.3 Å². The molecule has 0 saturated carbocycles. The van der Waals surface area contributed by atoms with E-state index in [4.69, 9.17) is 0 Å². The third-order valence-electron chi connectivity index (χ3n) is 5.66. The number of rotatable bonds is 4. The number of carbonyl (C=O) groups excluding carboxylic acids is 3. The second-order valence-electron chi connectivity index (χ2n) is 7.44. The van der Waals surface area contributed by atoms with Gasteiger partial charge < -0.3 is 4.90 Å². The predicted octanol–water partition coefficient (Wildman–Crippen LogP) is 4.35. The summed E-state index contributed by atoms with van der Waals surface area (Å²) >= 11 is 1.76. The van der Waals surface area contributed by atoms with Crippen molar-refractivity contribution in [1.29, 1.82) is 0 Å². The molecule has 0 aliphatic carbocycles. The number of thioether (sulfide) groups is 1. The Hall–Kier alpha value is -3.12. The number of anilines is 1. The Morgan fingerprint density at radius 2 is 1.60 bits per heavy atom. The lowest BCUT2D eigenvalue weighted by Crippen LogP contribution is -2.41. The van der Waals surface area contributed by atoms with Gasteiger partial charge in [-0.05, 0) is 36.1 Å². The molecule has 2 heterocycles. The van der Waals surface area contributed by atoms with E-state index >= 15 is 0 Å². The van der Waals surface area contributed by atoms with Crippen molar-refractivity contribution in [2.24, 2.45) is 0 Å². The Labute approximate surface area is 178 Å². The van der Waals surface area contributed by atoms with Crippen molar-refractivity contribution in [2.45, 2.75) is 17.7 Å². The molecule has 0 N–H and O–H groups in total. The first-order valence-corrected chi connectivity index (χ1v) is 11.0. The first-order valence-electron chi connectivity index (χ1n) is 10.1. The highest BCUT2D eigenvalue weighted by Gasteiger charge is 2.32. The highest BCUT2D eigenvalue weighted by Crippen LogP contribution is 2.35. The van der Waals surface area contributed by atoms with E-state index in [1.54, 1.807) is 23.9 Å². The summed E-state index contributed by atoms with van der Waals surface area (Å²) in [5.74, 6) is 0.335. The van der Waals surface area contributed by atoms with Crippen LogP contribution in [0.15, 0.2) is 65.6 Å². The zero-order valence-electron chi connectivity index (χ0n) is 16.3. The lowest BCUT2D eigenvalue weighted by atomic mass is 9.94. The zero-order chi connectivity index (χ0) is 20.7. The Bertz CT molecular complexity index is 1140. The molecule has 0 spiro atoms. The summed E-state index contributed by atoms with van der Waals surface area (Å²) in [6.45, 7) is 0.913. The Kier molecular flexibility index (Phi) is 4.79. The normalized spacial score (nSPS) is 15.5. The number of amides is 3. The molecular formula is C24H20N2O3S. The Morgan fingerprint density at radius 1 is 0.900 bits per heavy atom. The standard InChI is InChI=1S/C24H20N2O3S/c27-21(25-14-15-30-20-11-2-1-10-19(20)25)12-5-13-26-23(28)17-8-3-6-16-7-4-9-18(22(16)17)24(26)29/h1-4,6-11H,5,12-15H2. The average molecular weight is 417 g/mol. The summed E-state index contributed by atoms with van der Waals surface area (Å²) < 4.78 is 0. The van der Waals surface area contributed by atoms with Gasteiger partial charge in [-0.25, -0.2) is 0 Å². The number of benzene rings is 3. The van der Waals surface area contributed by atoms with Crippen molar-refractivity contribution in [3.05, 3.63) is 71.8 Å². The van der Waals surface area contributed by atoms with Crippen LogP contribution < -0.4 is 4.90 Å². The Balaban J connectivity index is 1.30. The summed E-state index contributed by atoms with van der Waals surface area (Å²) in [6.07, 6.45) is 0.738. The molecule has 3 aromatic rings. The summed E-state index contributed by atoms with van der Waals surface area (Å²) in [4.78, 5) is 43.0. The van der Waals surface area contributed by atoms with Crippen molar-refractivity contribution in [3.63, 3.8) is 0 Å². The van der Waals surface area contributed by atoms with Crippen LogP contribution in [0.3, 0.4) is 0 Å². The molecule has 0 fully saturated rings. The van der Waals surface area contributed by atoms with Gasteiger partial charge in [0.1, 0.15) is 0 Å². The summed E-state index contributed by atoms with van der Waals surface area (Å²) in [5.41, 5.74) is 2.05. The van der Waals surface area contributed by atoms with Gasteiger partial charge >= 0.3 is 0 Å². The van der Waals surface area contributed by atoms with Crippen LogP contribution in [0.25, 0.3) is 10.8 Å². The van der Waals surface area contributed by atoms with Crippen molar-refractivity contribution in [3.8, 4) is 0 Å². The molecule has 30 heavy (non-hydrogen) atoms. The molecule has 0 atom stereocenters. The molecule has 0 unspecified atom stereocenters. The molecule has 0 bridgehead atoms. The van der Waals surface area contributed by atoms with Crippen LogP contribution in [0.5, 0.6) is 0 Å². The lowest BCUT2D eigenvalue weighted by molar-refractivity contribution is -0.118. The number of para-hydroxylation sites is 1. The molecule has 5 rings (SSSR count). The molecule has 5 nitrogen and oxygen atoms in total. The minimum Gasteiger partial charge on any atom is -0.310 e. The molecule has 3 aromatic carbocycles. The van der Waals surface area contributed by atoms with Gasteiger partial charge in [0.15, 0.2) is 0 Å². The van der Waals surface area contributed by atoms with E-state index in [0.717, 1.165) is 27.1 Å². The molecule has 2 aliphatic heterocycles. The van der Waals surface area contributed by atoms with Gasteiger partial charge in [0.2, 0.25) is 5.91 Å². The molecule has 0 radical (unpaired) electrons. The second-order valence-corrected chi connectivity index (χ2v) is 8.57. The summed E-state index contributed by atoms with van der Waals surface area (Å²) in [5, 5.41) is 1.62. The number of fused-ring (bicyclic) bond motifs is 1. The first kappa shape index (κ1) is 18.9. The largest absolute Gasteiger partial charge is 0.310 e. The van der Waals surface area contributed by atoms with Gasteiger partial charge in [-0.15, -0.1) is 11.8 Å². The van der Waals surface area contributed by atoms with Gasteiger partial charge in [0.05, 0.1) is 5.69 Å². The molecule has 2 aliphatic rings. The average Bonchev–Trinajstić information content (AvgIpc) is 2.79. The molecule has 6 heteroatoms. The zero-order valence-corrected chi connectivity index (χ0v) is 17.2. The van der Waals surface area contributed by atoms with E-state index in [1.807, 2.05) is 53.4 Å². The van der Waals surface area contributed by atoms with Gasteiger partial charge in [-0.1, -0.05) is 36.4 Å². The third kappa shape index (κ3) is 3.08. The van der Waals surface area contributed by atoms with E-state index < -0.39 is 0 Å². The van der Waals surface area contributed by atoms with E-state index in [0.29, 0.717) is 30.5 Å². The van der Waals surface area contributed by atoms with Crippen molar-refractivity contribution < 1.29 is 14.4 Å². The third-order valence-corrected chi connectivity index (χ3v) is 6.70. The van der Waals surface area contributed by atoms with Gasteiger partial charge in [0, 0.05) is 46.7 Å². The first-order chi connectivity index (χ1) is 14.6. The van der Waals surface area contributed by atoms with Crippen LogP contribution in [-0.2, 0) is 4.79 Å². The van der Waals surface area contributed by atoms with Gasteiger partial charge in [0.25, 0.3) is 11.8 Å². The Morgan fingerprint density at radius 3 is 2.33 bits per heavy atom.